The monoisotopic (exact) mass is 280 g/mol. The summed E-state index contributed by atoms with van der Waals surface area (Å²) in [6, 6.07) is 7.95. The zero-order chi connectivity index (χ0) is 11.7. The fourth-order valence-electron chi connectivity index (χ4n) is 1.58. The van der Waals surface area contributed by atoms with Crippen molar-refractivity contribution >= 4 is 15.9 Å². The van der Waals surface area contributed by atoms with Gasteiger partial charge in [0, 0.05) is 15.7 Å². The molecular weight excluding hydrogens is 268 g/mol. The Morgan fingerprint density at radius 1 is 1.25 bits per heavy atom. The van der Waals surface area contributed by atoms with E-state index in [1.54, 1.807) is 4.68 Å². The Hall–Kier alpha value is -1.29. The fraction of sp³-hybridized carbons (Fsp3) is 0.250. The van der Waals surface area contributed by atoms with Gasteiger partial charge < -0.3 is 0 Å². The second kappa shape index (κ2) is 4.29. The molecule has 0 aliphatic heterocycles. The third-order valence-corrected chi connectivity index (χ3v) is 3.21. The van der Waals surface area contributed by atoms with Crippen LogP contribution in [-0.4, -0.2) is 9.78 Å². The maximum absolute atomic E-state index is 11.8. The van der Waals surface area contributed by atoms with Gasteiger partial charge in [0.25, 0.3) is 5.56 Å². The molecule has 0 bridgehead atoms. The largest absolute Gasteiger partial charge is 0.299 e. The Morgan fingerprint density at radius 2 is 1.88 bits per heavy atom. The van der Waals surface area contributed by atoms with Gasteiger partial charge in [0.1, 0.15) is 0 Å². The lowest BCUT2D eigenvalue weighted by atomic mass is 10.2. The first-order valence-corrected chi connectivity index (χ1v) is 5.87. The van der Waals surface area contributed by atoms with Crippen LogP contribution in [-0.2, 0) is 6.54 Å². The normalized spacial score (nSPS) is 10.7. The number of halogens is 1. The third-order valence-electron chi connectivity index (χ3n) is 2.69. The van der Waals surface area contributed by atoms with Crippen LogP contribution in [0.3, 0.4) is 0 Å². The van der Waals surface area contributed by atoms with Gasteiger partial charge in [-0.2, -0.15) is 0 Å². The molecule has 0 saturated carbocycles. The van der Waals surface area contributed by atoms with Crippen LogP contribution in [0.25, 0.3) is 0 Å². The van der Waals surface area contributed by atoms with E-state index in [-0.39, 0.29) is 5.56 Å². The molecule has 0 fully saturated rings. The average Bonchev–Trinajstić information content (AvgIpc) is 2.50. The molecule has 16 heavy (non-hydrogen) atoms. The molecule has 3 nitrogen and oxygen atoms in total. The van der Waals surface area contributed by atoms with Gasteiger partial charge in [-0.15, -0.1) is 0 Å². The summed E-state index contributed by atoms with van der Waals surface area (Å²) in [5.74, 6) is 0. The van der Waals surface area contributed by atoms with E-state index in [1.165, 1.54) is 0 Å². The zero-order valence-electron chi connectivity index (χ0n) is 9.25. The molecule has 0 spiro atoms. The van der Waals surface area contributed by atoms with Gasteiger partial charge in [0.2, 0.25) is 0 Å². The van der Waals surface area contributed by atoms with Crippen LogP contribution in [0.2, 0.25) is 0 Å². The van der Waals surface area contributed by atoms with Gasteiger partial charge in [-0.1, -0.05) is 28.1 Å². The molecule has 0 aliphatic carbocycles. The maximum atomic E-state index is 11.8. The predicted molar refractivity (Wildman–Crippen MR) is 67.8 cm³/mol. The zero-order valence-corrected chi connectivity index (χ0v) is 10.8. The second-order valence-corrected chi connectivity index (χ2v) is 4.80. The molecule has 2 rings (SSSR count). The van der Waals surface area contributed by atoms with Crippen LogP contribution < -0.4 is 5.56 Å². The standard InChI is InChI=1S/C12H13BrN2O/c1-8-9(2)14-15(12(8)16)7-10-3-5-11(13)6-4-10/h3-6,14H,7H2,1-2H3. The van der Waals surface area contributed by atoms with Crippen LogP contribution in [0, 0.1) is 13.8 Å². The Bertz CT molecular complexity index is 551. The quantitative estimate of drug-likeness (QED) is 0.902. The smallest absolute Gasteiger partial charge is 0.269 e. The highest BCUT2D eigenvalue weighted by atomic mass is 79.9. The molecule has 0 aliphatic rings. The van der Waals surface area contributed by atoms with Crippen LogP contribution in [0.4, 0.5) is 0 Å². The van der Waals surface area contributed by atoms with Crippen LogP contribution in [0.15, 0.2) is 33.5 Å². The number of nitrogens with one attached hydrogen (secondary N) is 1. The SMILES string of the molecule is Cc1[nH]n(Cc2ccc(Br)cc2)c(=O)c1C. The predicted octanol–water partition coefficient (Wildman–Crippen LogP) is 2.60. The van der Waals surface area contributed by atoms with Crippen molar-refractivity contribution in [1.29, 1.82) is 0 Å². The van der Waals surface area contributed by atoms with E-state index in [2.05, 4.69) is 21.0 Å². The first-order valence-electron chi connectivity index (χ1n) is 5.08. The van der Waals surface area contributed by atoms with Crippen molar-refractivity contribution < 1.29 is 0 Å². The molecule has 2 aromatic rings. The summed E-state index contributed by atoms with van der Waals surface area (Å²) in [4.78, 5) is 11.8. The molecule has 1 aromatic carbocycles. The summed E-state index contributed by atoms with van der Waals surface area (Å²) in [6.45, 7) is 4.34. The summed E-state index contributed by atoms with van der Waals surface area (Å²) < 4.78 is 2.68. The lowest BCUT2D eigenvalue weighted by molar-refractivity contribution is 0.657. The molecule has 0 amide bonds. The van der Waals surface area contributed by atoms with E-state index >= 15 is 0 Å². The minimum absolute atomic E-state index is 0.0559. The average molecular weight is 281 g/mol. The molecule has 0 unspecified atom stereocenters. The Kier molecular flexibility index (Phi) is 3.01. The number of benzene rings is 1. The molecular formula is C12H13BrN2O. The van der Waals surface area contributed by atoms with Crippen LogP contribution in [0.1, 0.15) is 16.8 Å². The van der Waals surface area contributed by atoms with Crippen LogP contribution >= 0.6 is 15.9 Å². The molecule has 0 saturated heterocycles. The van der Waals surface area contributed by atoms with E-state index in [4.69, 9.17) is 0 Å². The van der Waals surface area contributed by atoms with Crippen LogP contribution in [0.5, 0.6) is 0 Å². The molecule has 0 atom stereocenters. The molecule has 0 radical (unpaired) electrons. The van der Waals surface area contributed by atoms with Crippen molar-refractivity contribution in [2.45, 2.75) is 20.4 Å². The Morgan fingerprint density at radius 3 is 2.38 bits per heavy atom. The number of aromatic amines is 1. The highest BCUT2D eigenvalue weighted by Gasteiger charge is 2.06. The van der Waals surface area contributed by atoms with Crippen molar-refractivity contribution in [3.05, 3.63) is 55.9 Å². The van der Waals surface area contributed by atoms with E-state index in [0.29, 0.717) is 6.54 Å². The highest BCUT2D eigenvalue weighted by molar-refractivity contribution is 9.10. The second-order valence-electron chi connectivity index (χ2n) is 3.88. The van der Waals surface area contributed by atoms with Gasteiger partial charge in [0.05, 0.1) is 6.54 Å². The number of hydrogen-bond acceptors (Lipinski definition) is 1. The topological polar surface area (TPSA) is 37.8 Å². The number of nitrogens with zero attached hydrogens (tertiary/aromatic N) is 1. The molecule has 4 heteroatoms. The van der Waals surface area contributed by atoms with Crippen molar-refractivity contribution in [2.75, 3.05) is 0 Å². The summed E-state index contributed by atoms with van der Waals surface area (Å²) >= 11 is 3.38. The summed E-state index contributed by atoms with van der Waals surface area (Å²) in [5, 5.41) is 3.07. The minimum atomic E-state index is 0.0559. The molecule has 84 valence electrons. The van der Waals surface area contributed by atoms with Crippen molar-refractivity contribution in [2.24, 2.45) is 0 Å². The Balaban J connectivity index is 2.30. The lowest BCUT2D eigenvalue weighted by Crippen LogP contribution is -2.18. The van der Waals surface area contributed by atoms with Gasteiger partial charge in [-0.3, -0.25) is 9.89 Å². The van der Waals surface area contributed by atoms with Gasteiger partial charge in [0.15, 0.2) is 0 Å². The third kappa shape index (κ3) is 2.11. The molecule has 1 N–H and O–H groups in total. The number of hydrogen-bond donors (Lipinski definition) is 1. The fourth-order valence-corrected chi connectivity index (χ4v) is 1.85. The molecule has 1 heterocycles. The van der Waals surface area contributed by atoms with E-state index in [9.17, 15) is 4.79 Å². The van der Waals surface area contributed by atoms with Crippen molar-refractivity contribution in [3.63, 3.8) is 0 Å². The van der Waals surface area contributed by atoms with E-state index < -0.39 is 0 Å². The number of aromatic nitrogens is 2. The van der Waals surface area contributed by atoms with E-state index in [0.717, 1.165) is 21.3 Å². The summed E-state index contributed by atoms with van der Waals surface area (Å²) in [5.41, 5.74) is 2.88. The first-order chi connectivity index (χ1) is 7.58. The van der Waals surface area contributed by atoms with Crippen molar-refractivity contribution in [1.82, 2.24) is 9.78 Å². The summed E-state index contributed by atoms with van der Waals surface area (Å²) in [6.07, 6.45) is 0. The number of rotatable bonds is 2. The van der Waals surface area contributed by atoms with Gasteiger partial charge >= 0.3 is 0 Å². The minimum Gasteiger partial charge on any atom is -0.299 e. The summed E-state index contributed by atoms with van der Waals surface area (Å²) in [7, 11) is 0. The van der Waals surface area contributed by atoms with Gasteiger partial charge in [-0.05, 0) is 31.5 Å². The highest BCUT2D eigenvalue weighted by Crippen LogP contribution is 2.11. The Labute approximate surface area is 102 Å². The lowest BCUT2D eigenvalue weighted by Gasteiger charge is -2.02. The molecule has 1 aromatic heterocycles. The number of aryl methyl sites for hydroxylation is 1. The van der Waals surface area contributed by atoms with Crippen molar-refractivity contribution in [3.8, 4) is 0 Å². The van der Waals surface area contributed by atoms with E-state index in [1.807, 2.05) is 38.1 Å². The number of H-pyrrole nitrogens is 1. The first kappa shape index (κ1) is 11.2. The maximum Gasteiger partial charge on any atom is 0.269 e. The van der Waals surface area contributed by atoms with Gasteiger partial charge in [-0.25, -0.2) is 4.68 Å².